The van der Waals surface area contributed by atoms with E-state index in [1.54, 1.807) is 23.0 Å². The highest BCUT2D eigenvalue weighted by Gasteiger charge is 2.15. The Labute approximate surface area is 176 Å². The number of aromatic amines is 2. The number of nitrogens with one attached hydrogen (secondary N) is 2. The highest BCUT2D eigenvalue weighted by Crippen LogP contribution is 2.34. The Hall–Kier alpha value is -4.26. The maximum absolute atomic E-state index is 13.8. The third-order valence-corrected chi connectivity index (χ3v) is 5.46. The summed E-state index contributed by atoms with van der Waals surface area (Å²) in [5.74, 6) is -0.254. The summed E-state index contributed by atoms with van der Waals surface area (Å²) in [6.07, 6.45) is 3.73. The fourth-order valence-corrected chi connectivity index (χ4v) is 3.99. The molecular formula is C24H17FN6. The molecule has 4 aromatic heterocycles. The Morgan fingerprint density at radius 3 is 2.68 bits per heavy atom. The highest BCUT2D eigenvalue weighted by molar-refractivity contribution is 6.00. The molecule has 31 heavy (non-hydrogen) atoms. The molecule has 0 saturated carbocycles. The standard InChI is InChI=1S/C24H17FN6/c1-31-13-15(12-26-31)19-8-9-21-23(28-19)24(30-29-21)22-11-18-17(6-3-7-20(18)27-22)14-4-2-5-16(25)10-14/h2-13,27H,1H3,(H,29,30). The molecule has 6 aromatic rings. The van der Waals surface area contributed by atoms with E-state index in [0.717, 1.165) is 55.7 Å². The highest BCUT2D eigenvalue weighted by atomic mass is 19.1. The normalized spacial score (nSPS) is 11.5. The van der Waals surface area contributed by atoms with Crippen LogP contribution in [-0.2, 0) is 7.05 Å². The van der Waals surface area contributed by atoms with Crippen molar-refractivity contribution < 1.29 is 4.39 Å². The third kappa shape index (κ3) is 2.90. The molecular weight excluding hydrogens is 391 g/mol. The first kappa shape index (κ1) is 17.6. The van der Waals surface area contributed by atoms with Crippen molar-refractivity contribution in [2.45, 2.75) is 0 Å². The minimum Gasteiger partial charge on any atom is -0.353 e. The fraction of sp³-hybridized carbons (Fsp3) is 0.0417. The van der Waals surface area contributed by atoms with Gasteiger partial charge in [0.15, 0.2) is 0 Å². The Bertz CT molecular complexity index is 1570. The second-order valence-corrected chi connectivity index (χ2v) is 7.53. The van der Waals surface area contributed by atoms with Crippen molar-refractivity contribution >= 4 is 21.9 Å². The van der Waals surface area contributed by atoms with E-state index in [9.17, 15) is 4.39 Å². The lowest BCUT2D eigenvalue weighted by Gasteiger charge is -2.03. The molecule has 0 amide bonds. The summed E-state index contributed by atoms with van der Waals surface area (Å²) in [5.41, 5.74) is 7.75. The average molecular weight is 408 g/mol. The summed E-state index contributed by atoms with van der Waals surface area (Å²) >= 11 is 0. The van der Waals surface area contributed by atoms with Crippen LogP contribution >= 0.6 is 0 Å². The summed E-state index contributed by atoms with van der Waals surface area (Å²) < 4.78 is 15.6. The van der Waals surface area contributed by atoms with Gasteiger partial charge in [0.1, 0.15) is 17.0 Å². The Balaban J connectivity index is 1.51. The summed E-state index contributed by atoms with van der Waals surface area (Å²) in [6.45, 7) is 0. The van der Waals surface area contributed by atoms with E-state index in [1.165, 1.54) is 6.07 Å². The quantitative estimate of drug-likeness (QED) is 0.417. The Kier molecular flexibility index (Phi) is 3.76. The molecule has 0 spiro atoms. The van der Waals surface area contributed by atoms with Gasteiger partial charge < -0.3 is 4.98 Å². The van der Waals surface area contributed by atoms with Crippen LogP contribution in [0.1, 0.15) is 0 Å². The summed E-state index contributed by atoms with van der Waals surface area (Å²) in [4.78, 5) is 8.29. The summed E-state index contributed by atoms with van der Waals surface area (Å²) in [5, 5.41) is 12.8. The van der Waals surface area contributed by atoms with Crippen molar-refractivity contribution in [3.8, 4) is 33.8 Å². The van der Waals surface area contributed by atoms with Gasteiger partial charge in [0.25, 0.3) is 0 Å². The molecule has 4 heterocycles. The number of halogens is 1. The van der Waals surface area contributed by atoms with Gasteiger partial charge in [-0.25, -0.2) is 9.37 Å². The topological polar surface area (TPSA) is 75.2 Å². The third-order valence-electron chi connectivity index (χ3n) is 5.46. The van der Waals surface area contributed by atoms with Crippen LogP contribution in [0.15, 0.2) is 73.1 Å². The molecule has 6 nitrogen and oxygen atoms in total. The Morgan fingerprint density at radius 1 is 0.935 bits per heavy atom. The zero-order valence-electron chi connectivity index (χ0n) is 16.6. The second-order valence-electron chi connectivity index (χ2n) is 7.53. The first-order chi connectivity index (χ1) is 15.2. The maximum Gasteiger partial charge on any atom is 0.135 e. The number of aromatic nitrogens is 6. The first-order valence-corrected chi connectivity index (χ1v) is 9.88. The van der Waals surface area contributed by atoms with Crippen LogP contribution < -0.4 is 0 Å². The SMILES string of the molecule is Cn1cc(-c2ccc3[nH]nc(-c4cc5c(-c6cccc(F)c6)cccc5[nH]4)c3n2)cn1. The Morgan fingerprint density at radius 2 is 1.84 bits per heavy atom. The zero-order chi connectivity index (χ0) is 20.9. The van der Waals surface area contributed by atoms with E-state index in [4.69, 9.17) is 4.98 Å². The molecule has 2 aromatic carbocycles. The number of rotatable bonds is 3. The molecule has 0 radical (unpaired) electrons. The van der Waals surface area contributed by atoms with Gasteiger partial charge in [-0.1, -0.05) is 24.3 Å². The van der Waals surface area contributed by atoms with Crippen LogP contribution in [-0.4, -0.2) is 29.9 Å². The van der Waals surface area contributed by atoms with E-state index in [-0.39, 0.29) is 5.82 Å². The molecule has 2 N–H and O–H groups in total. The van der Waals surface area contributed by atoms with E-state index in [0.29, 0.717) is 0 Å². The molecule has 150 valence electrons. The lowest BCUT2D eigenvalue weighted by Crippen LogP contribution is -1.86. The second kappa shape index (κ2) is 6.63. The monoisotopic (exact) mass is 408 g/mol. The number of H-pyrrole nitrogens is 2. The van der Waals surface area contributed by atoms with Gasteiger partial charge in [-0.3, -0.25) is 9.78 Å². The van der Waals surface area contributed by atoms with Gasteiger partial charge in [-0.15, -0.1) is 0 Å². The van der Waals surface area contributed by atoms with Gasteiger partial charge in [-0.2, -0.15) is 10.2 Å². The number of pyridine rings is 1. The number of hydrogen-bond acceptors (Lipinski definition) is 3. The van der Waals surface area contributed by atoms with Gasteiger partial charge in [0.2, 0.25) is 0 Å². The van der Waals surface area contributed by atoms with E-state index >= 15 is 0 Å². The van der Waals surface area contributed by atoms with Crippen LogP contribution in [0.3, 0.4) is 0 Å². The van der Waals surface area contributed by atoms with E-state index in [1.807, 2.05) is 55.7 Å². The van der Waals surface area contributed by atoms with Crippen molar-refractivity contribution in [3.05, 3.63) is 78.9 Å². The first-order valence-electron chi connectivity index (χ1n) is 9.88. The van der Waals surface area contributed by atoms with Crippen molar-refractivity contribution in [2.75, 3.05) is 0 Å². The molecule has 0 aliphatic heterocycles. The predicted octanol–water partition coefficient (Wildman–Crippen LogP) is 5.31. The molecule has 0 saturated heterocycles. The molecule has 7 heteroatoms. The zero-order valence-corrected chi connectivity index (χ0v) is 16.6. The largest absolute Gasteiger partial charge is 0.353 e. The van der Waals surface area contributed by atoms with Crippen LogP contribution in [0.25, 0.3) is 55.7 Å². The molecule has 0 atom stereocenters. The van der Waals surface area contributed by atoms with Crippen LogP contribution in [0, 0.1) is 5.82 Å². The minimum atomic E-state index is -0.254. The van der Waals surface area contributed by atoms with Crippen LogP contribution in [0.4, 0.5) is 4.39 Å². The van der Waals surface area contributed by atoms with E-state index < -0.39 is 0 Å². The fourth-order valence-electron chi connectivity index (χ4n) is 3.99. The number of hydrogen-bond donors (Lipinski definition) is 2. The molecule has 0 aliphatic rings. The smallest absolute Gasteiger partial charge is 0.135 e. The molecule has 0 aliphatic carbocycles. The molecule has 0 fully saturated rings. The number of nitrogens with zero attached hydrogens (tertiary/aromatic N) is 4. The minimum absolute atomic E-state index is 0.254. The van der Waals surface area contributed by atoms with Gasteiger partial charge >= 0.3 is 0 Å². The molecule has 6 rings (SSSR count). The number of benzene rings is 2. The number of fused-ring (bicyclic) bond motifs is 2. The van der Waals surface area contributed by atoms with Crippen molar-refractivity contribution in [1.82, 2.24) is 29.9 Å². The lowest BCUT2D eigenvalue weighted by atomic mass is 10.0. The summed E-state index contributed by atoms with van der Waals surface area (Å²) in [7, 11) is 1.88. The van der Waals surface area contributed by atoms with Gasteiger partial charge in [-0.05, 0) is 47.5 Å². The van der Waals surface area contributed by atoms with Crippen LogP contribution in [0.5, 0.6) is 0 Å². The van der Waals surface area contributed by atoms with Crippen molar-refractivity contribution in [3.63, 3.8) is 0 Å². The van der Waals surface area contributed by atoms with Crippen molar-refractivity contribution in [2.24, 2.45) is 7.05 Å². The lowest BCUT2D eigenvalue weighted by molar-refractivity contribution is 0.628. The van der Waals surface area contributed by atoms with Gasteiger partial charge in [0.05, 0.1) is 23.1 Å². The number of aryl methyl sites for hydroxylation is 1. The molecule has 0 bridgehead atoms. The van der Waals surface area contributed by atoms with Gasteiger partial charge in [0, 0.05) is 29.7 Å². The average Bonchev–Trinajstić information content (AvgIpc) is 3.50. The summed E-state index contributed by atoms with van der Waals surface area (Å²) in [6, 6.07) is 18.6. The maximum atomic E-state index is 13.8. The van der Waals surface area contributed by atoms with Crippen molar-refractivity contribution in [1.29, 1.82) is 0 Å². The molecule has 0 unspecified atom stereocenters. The predicted molar refractivity (Wildman–Crippen MR) is 119 cm³/mol. The van der Waals surface area contributed by atoms with Crippen LogP contribution in [0.2, 0.25) is 0 Å². The van der Waals surface area contributed by atoms with E-state index in [2.05, 4.69) is 20.3 Å².